The molecule has 26 heavy (non-hydrogen) atoms. The van der Waals surface area contributed by atoms with Crippen LogP contribution in [-0.4, -0.2) is 43.0 Å². The van der Waals surface area contributed by atoms with E-state index in [-0.39, 0.29) is 30.4 Å². The molecule has 6 nitrogen and oxygen atoms in total. The lowest BCUT2D eigenvalue weighted by molar-refractivity contribution is 0.0708. The van der Waals surface area contributed by atoms with Crippen LogP contribution in [0.4, 0.5) is 15.5 Å². The molecule has 3 N–H and O–H groups in total. The van der Waals surface area contributed by atoms with Crippen molar-refractivity contribution in [2.45, 2.75) is 18.9 Å². The molecule has 0 unspecified atom stereocenters. The molecular weight excluding hydrogens is 372 g/mol. The fourth-order valence-electron chi connectivity index (χ4n) is 2.85. The van der Waals surface area contributed by atoms with Crippen LogP contribution >= 0.6 is 23.7 Å². The van der Waals surface area contributed by atoms with E-state index < -0.39 is 0 Å². The number of carbonyl (C=O) groups is 2. The van der Waals surface area contributed by atoms with E-state index in [9.17, 15) is 9.59 Å². The third-order valence-electron chi connectivity index (χ3n) is 4.26. The van der Waals surface area contributed by atoms with Gasteiger partial charge in [-0.15, -0.1) is 23.7 Å². The van der Waals surface area contributed by atoms with E-state index >= 15 is 0 Å². The van der Waals surface area contributed by atoms with E-state index in [4.69, 9.17) is 0 Å². The fraction of sp³-hybridized carbons (Fsp3) is 0.333. The summed E-state index contributed by atoms with van der Waals surface area (Å²) in [6.45, 7) is 1.89. The third kappa shape index (κ3) is 5.20. The van der Waals surface area contributed by atoms with Gasteiger partial charge in [0.05, 0.1) is 9.88 Å². The van der Waals surface area contributed by atoms with E-state index in [1.807, 2.05) is 42.3 Å². The SMILES string of the molecule is CN(C(=O)c1ccc(NC(=O)Nc2ccccc2)s1)C1CCNCC1.Cl. The van der Waals surface area contributed by atoms with E-state index in [0.29, 0.717) is 9.88 Å². The van der Waals surface area contributed by atoms with Gasteiger partial charge in [0.2, 0.25) is 0 Å². The highest BCUT2D eigenvalue weighted by Crippen LogP contribution is 2.24. The van der Waals surface area contributed by atoms with Crippen molar-refractivity contribution in [3.63, 3.8) is 0 Å². The number of anilines is 2. The molecule has 3 amide bonds. The van der Waals surface area contributed by atoms with E-state index in [0.717, 1.165) is 31.6 Å². The zero-order chi connectivity index (χ0) is 17.6. The van der Waals surface area contributed by atoms with Gasteiger partial charge < -0.3 is 15.5 Å². The van der Waals surface area contributed by atoms with Gasteiger partial charge in [-0.3, -0.25) is 10.1 Å². The van der Waals surface area contributed by atoms with Crippen LogP contribution in [0.2, 0.25) is 0 Å². The highest BCUT2D eigenvalue weighted by Gasteiger charge is 2.24. The quantitative estimate of drug-likeness (QED) is 0.741. The molecule has 0 radical (unpaired) electrons. The van der Waals surface area contributed by atoms with Crippen LogP contribution < -0.4 is 16.0 Å². The van der Waals surface area contributed by atoms with Crippen molar-refractivity contribution >= 4 is 46.4 Å². The Hall–Kier alpha value is -2.09. The number of hydrogen-bond acceptors (Lipinski definition) is 4. The average Bonchev–Trinajstić information content (AvgIpc) is 3.10. The monoisotopic (exact) mass is 394 g/mol. The second-order valence-corrected chi connectivity index (χ2v) is 7.09. The van der Waals surface area contributed by atoms with Crippen LogP contribution in [-0.2, 0) is 0 Å². The van der Waals surface area contributed by atoms with E-state index in [1.165, 1.54) is 11.3 Å². The van der Waals surface area contributed by atoms with Crippen LogP contribution in [0.15, 0.2) is 42.5 Å². The van der Waals surface area contributed by atoms with Gasteiger partial charge in [0.25, 0.3) is 5.91 Å². The molecule has 1 fully saturated rings. The second-order valence-electron chi connectivity index (χ2n) is 6.01. The minimum atomic E-state index is -0.321. The standard InChI is InChI=1S/C18H22N4O2S.ClH/c1-22(14-9-11-19-12-10-14)17(23)15-7-8-16(25-15)21-18(24)20-13-5-3-2-4-6-13;/h2-8,14,19H,9-12H2,1H3,(H2,20,21,24);1H. The number of urea groups is 1. The van der Waals surface area contributed by atoms with E-state index in [2.05, 4.69) is 16.0 Å². The summed E-state index contributed by atoms with van der Waals surface area (Å²) in [7, 11) is 1.85. The van der Waals surface area contributed by atoms with Gasteiger partial charge >= 0.3 is 6.03 Å². The molecule has 8 heteroatoms. The largest absolute Gasteiger partial charge is 0.338 e. The molecule has 2 heterocycles. The minimum Gasteiger partial charge on any atom is -0.338 e. The Morgan fingerprint density at radius 2 is 1.77 bits per heavy atom. The number of nitrogens with zero attached hydrogens (tertiary/aromatic N) is 1. The Morgan fingerprint density at radius 1 is 1.08 bits per heavy atom. The number of benzene rings is 1. The van der Waals surface area contributed by atoms with Crippen LogP contribution in [0.25, 0.3) is 0 Å². The number of amides is 3. The van der Waals surface area contributed by atoms with Crippen molar-refractivity contribution in [3.8, 4) is 0 Å². The Morgan fingerprint density at radius 3 is 2.46 bits per heavy atom. The molecule has 1 aromatic heterocycles. The van der Waals surface area contributed by atoms with Crippen LogP contribution in [0.5, 0.6) is 0 Å². The molecule has 3 rings (SSSR count). The predicted octanol–water partition coefficient (Wildman–Crippen LogP) is 3.64. The van der Waals surface area contributed by atoms with Crippen molar-refractivity contribution in [3.05, 3.63) is 47.3 Å². The second kappa shape index (κ2) is 9.56. The molecule has 0 bridgehead atoms. The number of carbonyl (C=O) groups excluding carboxylic acids is 2. The number of piperidine rings is 1. The normalized spacial score (nSPS) is 14.2. The lowest BCUT2D eigenvalue weighted by atomic mass is 10.1. The van der Waals surface area contributed by atoms with Gasteiger partial charge in [-0.2, -0.15) is 0 Å². The molecular formula is C18H23ClN4O2S. The van der Waals surface area contributed by atoms with E-state index in [1.54, 1.807) is 12.1 Å². The maximum absolute atomic E-state index is 12.6. The average molecular weight is 395 g/mol. The zero-order valence-corrected chi connectivity index (χ0v) is 16.2. The summed E-state index contributed by atoms with van der Waals surface area (Å²) >= 11 is 1.29. The topological polar surface area (TPSA) is 73.5 Å². The summed E-state index contributed by atoms with van der Waals surface area (Å²) in [6.07, 6.45) is 1.94. The maximum atomic E-state index is 12.6. The molecule has 0 spiro atoms. The highest BCUT2D eigenvalue weighted by atomic mass is 35.5. The number of para-hydroxylation sites is 1. The Kier molecular flexibility index (Phi) is 7.44. The number of hydrogen-bond donors (Lipinski definition) is 3. The molecule has 0 aliphatic carbocycles. The van der Waals surface area contributed by atoms with Crippen molar-refractivity contribution in [1.29, 1.82) is 0 Å². The summed E-state index contributed by atoms with van der Waals surface area (Å²) in [6, 6.07) is 12.7. The third-order valence-corrected chi connectivity index (χ3v) is 5.25. The first-order valence-corrected chi connectivity index (χ1v) is 9.16. The van der Waals surface area contributed by atoms with Crippen molar-refractivity contribution < 1.29 is 9.59 Å². The first-order valence-electron chi connectivity index (χ1n) is 8.34. The van der Waals surface area contributed by atoms with Gasteiger partial charge in [0.15, 0.2) is 0 Å². The zero-order valence-electron chi connectivity index (χ0n) is 14.5. The van der Waals surface area contributed by atoms with Gasteiger partial charge in [0, 0.05) is 18.8 Å². The lowest BCUT2D eigenvalue weighted by Gasteiger charge is -2.31. The number of thiophene rings is 1. The van der Waals surface area contributed by atoms with Gasteiger partial charge in [-0.25, -0.2) is 4.79 Å². The maximum Gasteiger partial charge on any atom is 0.324 e. The number of halogens is 1. The highest BCUT2D eigenvalue weighted by molar-refractivity contribution is 7.18. The van der Waals surface area contributed by atoms with Crippen LogP contribution in [0.3, 0.4) is 0 Å². The van der Waals surface area contributed by atoms with Crippen molar-refractivity contribution in [2.75, 3.05) is 30.8 Å². The molecule has 0 atom stereocenters. The Bertz CT molecular complexity index is 732. The lowest BCUT2D eigenvalue weighted by Crippen LogP contribution is -2.43. The summed E-state index contributed by atoms with van der Waals surface area (Å²) in [5, 5.41) is 9.48. The molecule has 1 aliphatic heterocycles. The molecule has 1 saturated heterocycles. The van der Waals surface area contributed by atoms with Gasteiger partial charge in [0.1, 0.15) is 0 Å². The molecule has 140 valence electrons. The van der Waals surface area contributed by atoms with Crippen LogP contribution in [0.1, 0.15) is 22.5 Å². The van der Waals surface area contributed by atoms with Crippen molar-refractivity contribution in [1.82, 2.24) is 10.2 Å². The first-order chi connectivity index (χ1) is 12.1. The van der Waals surface area contributed by atoms with Crippen LogP contribution in [0, 0.1) is 0 Å². The number of rotatable bonds is 4. The summed E-state index contributed by atoms with van der Waals surface area (Å²) in [5.41, 5.74) is 0.721. The summed E-state index contributed by atoms with van der Waals surface area (Å²) < 4.78 is 0. The first kappa shape index (κ1) is 20.2. The Labute approximate surface area is 163 Å². The molecule has 1 aliphatic rings. The number of nitrogens with one attached hydrogen (secondary N) is 3. The molecule has 1 aromatic carbocycles. The summed E-state index contributed by atoms with van der Waals surface area (Å²) in [5.74, 6) is 0.00779. The fourth-order valence-corrected chi connectivity index (χ4v) is 3.73. The van der Waals surface area contributed by atoms with Gasteiger partial charge in [-0.1, -0.05) is 18.2 Å². The Balaban J connectivity index is 0.00000243. The minimum absolute atomic E-state index is 0. The molecule has 2 aromatic rings. The summed E-state index contributed by atoms with van der Waals surface area (Å²) in [4.78, 5) is 27.1. The molecule has 0 saturated carbocycles. The smallest absolute Gasteiger partial charge is 0.324 e. The van der Waals surface area contributed by atoms with Gasteiger partial charge in [-0.05, 0) is 50.2 Å². The predicted molar refractivity (Wildman–Crippen MR) is 109 cm³/mol. The van der Waals surface area contributed by atoms with Crippen molar-refractivity contribution in [2.24, 2.45) is 0 Å².